The van der Waals surface area contributed by atoms with Crippen LogP contribution in [-0.2, 0) is 11.3 Å². The lowest BCUT2D eigenvalue weighted by Gasteiger charge is -2.26. The molecule has 1 heterocycles. The highest BCUT2D eigenvalue weighted by molar-refractivity contribution is 5.79. The lowest BCUT2D eigenvalue weighted by atomic mass is 10.1. The highest BCUT2D eigenvalue weighted by atomic mass is 16.5. The second kappa shape index (κ2) is 11.8. The number of guanidine groups is 1. The lowest BCUT2D eigenvalue weighted by Crippen LogP contribution is -2.39. The van der Waals surface area contributed by atoms with Crippen LogP contribution in [0.15, 0.2) is 23.2 Å². The van der Waals surface area contributed by atoms with E-state index >= 15 is 0 Å². The normalized spacial score (nSPS) is 15.7. The topological polar surface area (TPSA) is 58.1 Å². The van der Waals surface area contributed by atoms with Crippen LogP contribution in [0.4, 0.5) is 0 Å². The molecule has 0 amide bonds. The molecule has 1 fully saturated rings. The van der Waals surface area contributed by atoms with Crippen LogP contribution in [0.1, 0.15) is 30.9 Å². The molecule has 26 heavy (non-hydrogen) atoms. The third-order valence-corrected chi connectivity index (χ3v) is 4.49. The summed E-state index contributed by atoms with van der Waals surface area (Å²) in [5.74, 6) is 1.76. The molecule has 1 aromatic carbocycles. The summed E-state index contributed by atoms with van der Waals surface area (Å²) in [5, 5.41) is 6.75. The SMILES string of the molecule is CCNC(=NCc1ccc(C)cc1OC)NCCCCN1CCOCC1. The highest BCUT2D eigenvalue weighted by Gasteiger charge is 2.09. The zero-order valence-electron chi connectivity index (χ0n) is 16.5. The molecule has 0 unspecified atom stereocenters. The fourth-order valence-electron chi connectivity index (χ4n) is 2.98. The summed E-state index contributed by atoms with van der Waals surface area (Å²) < 4.78 is 10.9. The van der Waals surface area contributed by atoms with Gasteiger partial charge in [0.25, 0.3) is 0 Å². The van der Waals surface area contributed by atoms with Crippen molar-refractivity contribution in [2.45, 2.75) is 33.2 Å². The molecule has 2 rings (SSSR count). The third kappa shape index (κ3) is 7.22. The summed E-state index contributed by atoms with van der Waals surface area (Å²) in [6, 6.07) is 6.24. The Hall–Kier alpha value is -1.79. The van der Waals surface area contributed by atoms with Gasteiger partial charge < -0.3 is 20.1 Å². The van der Waals surface area contributed by atoms with Crippen LogP contribution in [-0.4, -0.2) is 63.9 Å². The van der Waals surface area contributed by atoms with Crippen molar-refractivity contribution in [2.24, 2.45) is 4.99 Å². The molecule has 1 saturated heterocycles. The van der Waals surface area contributed by atoms with Gasteiger partial charge in [-0.05, 0) is 44.9 Å². The predicted octanol–water partition coefficient (Wildman–Crippen LogP) is 2.17. The van der Waals surface area contributed by atoms with Gasteiger partial charge in [0, 0.05) is 31.7 Å². The van der Waals surface area contributed by atoms with E-state index in [1.807, 2.05) is 0 Å². The predicted molar refractivity (Wildman–Crippen MR) is 107 cm³/mol. The van der Waals surface area contributed by atoms with Crippen LogP contribution < -0.4 is 15.4 Å². The lowest BCUT2D eigenvalue weighted by molar-refractivity contribution is 0.0372. The molecule has 146 valence electrons. The molecule has 0 atom stereocenters. The molecule has 0 bridgehead atoms. The largest absolute Gasteiger partial charge is 0.496 e. The first-order valence-corrected chi connectivity index (χ1v) is 9.68. The van der Waals surface area contributed by atoms with E-state index in [9.17, 15) is 0 Å². The molecule has 0 saturated carbocycles. The Morgan fingerprint density at radius 2 is 2.04 bits per heavy atom. The Balaban J connectivity index is 1.75. The number of ether oxygens (including phenoxy) is 2. The fourth-order valence-corrected chi connectivity index (χ4v) is 2.98. The van der Waals surface area contributed by atoms with E-state index in [1.165, 1.54) is 12.0 Å². The molecule has 1 aliphatic rings. The van der Waals surface area contributed by atoms with Crippen LogP contribution in [0.3, 0.4) is 0 Å². The zero-order chi connectivity index (χ0) is 18.6. The number of unbranched alkanes of at least 4 members (excludes halogenated alkanes) is 1. The first-order chi connectivity index (χ1) is 12.7. The quantitative estimate of drug-likeness (QED) is 0.401. The van der Waals surface area contributed by atoms with Crippen molar-refractivity contribution in [3.8, 4) is 5.75 Å². The van der Waals surface area contributed by atoms with E-state index < -0.39 is 0 Å². The number of benzene rings is 1. The number of methoxy groups -OCH3 is 1. The molecule has 0 aliphatic carbocycles. The molecule has 1 aliphatic heterocycles. The maximum absolute atomic E-state index is 5.47. The summed E-state index contributed by atoms with van der Waals surface area (Å²) >= 11 is 0. The maximum Gasteiger partial charge on any atom is 0.191 e. The van der Waals surface area contributed by atoms with Gasteiger partial charge >= 0.3 is 0 Å². The van der Waals surface area contributed by atoms with E-state index in [1.54, 1.807) is 7.11 Å². The summed E-state index contributed by atoms with van der Waals surface area (Å²) in [7, 11) is 1.71. The van der Waals surface area contributed by atoms with Gasteiger partial charge in [0.05, 0.1) is 26.9 Å². The first kappa shape index (κ1) is 20.5. The molecule has 0 aromatic heterocycles. The molecular weight excluding hydrogens is 328 g/mol. The van der Waals surface area contributed by atoms with Crippen LogP contribution >= 0.6 is 0 Å². The molecule has 6 heteroatoms. The van der Waals surface area contributed by atoms with E-state index in [0.29, 0.717) is 6.54 Å². The van der Waals surface area contributed by atoms with Crippen molar-refractivity contribution in [1.82, 2.24) is 15.5 Å². The summed E-state index contributed by atoms with van der Waals surface area (Å²) in [6.45, 7) is 11.6. The standard InChI is InChI=1S/C20H34N4O2/c1-4-21-20(22-9-5-6-10-24-11-13-26-14-12-24)23-16-18-8-7-17(2)15-19(18)25-3/h7-8,15H,4-6,9-14,16H2,1-3H3,(H2,21,22,23). The van der Waals surface area contributed by atoms with Crippen molar-refractivity contribution in [2.75, 3.05) is 53.0 Å². The molecule has 2 N–H and O–H groups in total. The highest BCUT2D eigenvalue weighted by Crippen LogP contribution is 2.20. The van der Waals surface area contributed by atoms with Gasteiger partial charge in [-0.25, -0.2) is 4.99 Å². The van der Waals surface area contributed by atoms with Crippen LogP contribution in [0.5, 0.6) is 5.75 Å². The number of nitrogens with one attached hydrogen (secondary N) is 2. The molecule has 6 nitrogen and oxygen atoms in total. The Kier molecular flexibility index (Phi) is 9.28. The van der Waals surface area contributed by atoms with E-state index in [-0.39, 0.29) is 0 Å². The Morgan fingerprint density at radius 3 is 2.77 bits per heavy atom. The zero-order valence-corrected chi connectivity index (χ0v) is 16.5. The minimum Gasteiger partial charge on any atom is -0.496 e. The van der Waals surface area contributed by atoms with Gasteiger partial charge in [-0.2, -0.15) is 0 Å². The van der Waals surface area contributed by atoms with Gasteiger partial charge in [0.2, 0.25) is 0 Å². The number of hydrogen-bond acceptors (Lipinski definition) is 4. The van der Waals surface area contributed by atoms with E-state index in [2.05, 4.69) is 47.6 Å². The van der Waals surface area contributed by atoms with E-state index in [0.717, 1.165) is 69.6 Å². The minimum atomic E-state index is 0.604. The number of nitrogens with zero attached hydrogens (tertiary/aromatic N) is 2. The van der Waals surface area contributed by atoms with Crippen molar-refractivity contribution >= 4 is 5.96 Å². The van der Waals surface area contributed by atoms with Crippen molar-refractivity contribution in [1.29, 1.82) is 0 Å². The van der Waals surface area contributed by atoms with Gasteiger partial charge in [-0.3, -0.25) is 4.90 Å². The molecule has 0 spiro atoms. The van der Waals surface area contributed by atoms with Crippen LogP contribution in [0.2, 0.25) is 0 Å². The fraction of sp³-hybridized carbons (Fsp3) is 0.650. The Morgan fingerprint density at radius 1 is 1.23 bits per heavy atom. The van der Waals surface area contributed by atoms with Gasteiger partial charge in [0.1, 0.15) is 5.75 Å². The summed E-state index contributed by atoms with van der Waals surface area (Å²) in [4.78, 5) is 7.18. The maximum atomic E-state index is 5.47. The number of aryl methyl sites for hydroxylation is 1. The van der Waals surface area contributed by atoms with Gasteiger partial charge in [-0.1, -0.05) is 12.1 Å². The summed E-state index contributed by atoms with van der Waals surface area (Å²) in [6.07, 6.45) is 2.33. The summed E-state index contributed by atoms with van der Waals surface area (Å²) in [5.41, 5.74) is 2.29. The monoisotopic (exact) mass is 362 g/mol. The van der Waals surface area contributed by atoms with Crippen molar-refractivity contribution in [3.05, 3.63) is 29.3 Å². The number of morpholine rings is 1. The average molecular weight is 363 g/mol. The average Bonchev–Trinajstić information content (AvgIpc) is 2.67. The van der Waals surface area contributed by atoms with Gasteiger partial charge in [-0.15, -0.1) is 0 Å². The second-order valence-corrected chi connectivity index (χ2v) is 6.60. The number of rotatable bonds is 9. The Bertz CT molecular complexity index is 557. The molecular formula is C20H34N4O2. The molecule has 1 aromatic rings. The minimum absolute atomic E-state index is 0.604. The van der Waals surface area contributed by atoms with Gasteiger partial charge in [0.15, 0.2) is 5.96 Å². The number of aliphatic imine (C=N–C) groups is 1. The van der Waals surface area contributed by atoms with Crippen molar-refractivity contribution < 1.29 is 9.47 Å². The first-order valence-electron chi connectivity index (χ1n) is 9.68. The smallest absolute Gasteiger partial charge is 0.191 e. The third-order valence-electron chi connectivity index (χ3n) is 4.49. The van der Waals surface area contributed by atoms with Crippen molar-refractivity contribution in [3.63, 3.8) is 0 Å². The molecule has 0 radical (unpaired) electrons. The van der Waals surface area contributed by atoms with E-state index in [4.69, 9.17) is 14.5 Å². The number of hydrogen-bond donors (Lipinski definition) is 2. The second-order valence-electron chi connectivity index (χ2n) is 6.60. The Labute approximate surface area is 158 Å². The van der Waals surface area contributed by atoms with Crippen LogP contribution in [0, 0.1) is 6.92 Å². The van der Waals surface area contributed by atoms with Crippen LogP contribution in [0.25, 0.3) is 0 Å².